The van der Waals surface area contributed by atoms with Crippen molar-refractivity contribution in [1.82, 2.24) is 9.91 Å². The van der Waals surface area contributed by atoms with Crippen LogP contribution in [-0.2, 0) is 0 Å². The normalized spacial score (nSPS) is 33.4. The largest absolute Gasteiger partial charge is 0.297 e. The third kappa shape index (κ3) is 1.21. The van der Waals surface area contributed by atoms with Crippen molar-refractivity contribution >= 4 is 6.72 Å². The smallest absolute Gasteiger partial charge is 0.155 e. The van der Waals surface area contributed by atoms with E-state index >= 15 is 0 Å². The Morgan fingerprint density at radius 1 is 1.36 bits per heavy atom. The lowest BCUT2D eigenvalue weighted by molar-refractivity contribution is -0.618. The Morgan fingerprint density at radius 3 is 2.64 bits per heavy atom. The highest BCUT2D eigenvalue weighted by Gasteiger charge is 2.53. The number of likely N-dealkylation sites (tertiary alicyclic amines) is 1. The van der Waals surface area contributed by atoms with E-state index in [0.29, 0.717) is 5.41 Å². The van der Waals surface area contributed by atoms with Gasteiger partial charge in [-0.1, -0.05) is 0 Å². The van der Waals surface area contributed by atoms with Gasteiger partial charge >= 0.3 is 0 Å². The molecule has 0 bridgehead atoms. The van der Waals surface area contributed by atoms with Crippen molar-refractivity contribution in [2.45, 2.75) is 12.5 Å². The van der Waals surface area contributed by atoms with Crippen molar-refractivity contribution in [3.8, 4) is 0 Å². The first-order valence-electron chi connectivity index (χ1n) is 5.46. The molecule has 4 heteroatoms. The zero-order chi connectivity index (χ0) is 9.76. The van der Waals surface area contributed by atoms with E-state index in [1.54, 1.807) is 0 Å². The van der Waals surface area contributed by atoms with Crippen LogP contribution >= 0.6 is 0 Å². The van der Waals surface area contributed by atoms with E-state index in [1.807, 2.05) is 5.01 Å². The molecule has 2 N–H and O–H groups in total. The summed E-state index contributed by atoms with van der Waals surface area (Å²) in [5.74, 6) is 5.66. The zero-order valence-electron chi connectivity index (χ0n) is 8.65. The maximum Gasteiger partial charge on any atom is 0.155 e. The molecule has 0 atom stereocenters. The Kier molecular flexibility index (Phi) is 1.75. The molecule has 3 fully saturated rings. The minimum atomic E-state index is 0.594. The second kappa shape index (κ2) is 2.78. The van der Waals surface area contributed by atoms with Crippen LogP contribution in [0.15, 0.2) is 0 Å². The lowest BCUT2D eigenvalue weighted by atomic mass is 9.80. The first kappa shape index (κ1) is 8.83. The molecule has 0 saturated carbocycles. The van der Waals surface area contributed by atoms with Crippen LogP contribution in [0.5, 0.6) is 0 Å². The molecule has 4 nitrogen and oxygen atoms in total. The molecule has 0 aliphatic carbocycles. The summed E-state index contributed by atoms with van der Waals surface area (Å²) in [6.07, 6.45) is 1.36. The van der Waals surface area contributed by atoms with E-state index in [0.717, 1.165) is 19.1 Å². The fraction of sp³-hybridized carbons (Fsp3) is 0.900. The molecule has 1 spiro atoms. The summed E-state index contributed by atoms with van der Waals surface area (Å²) in [4.78, 5) is 2.62. The Labute approximate surface area is 84.9 Å². The van der Waals surface area contributed by atoms with E-state index < -0.39 is 0 Å². The van der Waals surface area contributed by atoms with Crippen LogP contribution < -0.4 is 5.84 Å². The molecule has 3 rings (SSSR count). The van der Waals surface area contributed by atoms with E-state index in [1.165, 1.54) is 32.6 Å². The number of nitrogens with zero attached hydrogens (tertiary/aromatic N) is 3. The minimum absolute atomic E-state index is 0.594. The van der Waals surface area contributed by atoms with E-state index in [-0.39, 0.29) is 0 Å². The Bertz CT molecular complexity index is 261. The molecular weight excluding hydrogens is 176 g/mol. The average molecular weight is 195 g/mol. The molecule has 0 unspecified atom stereocenters. The summed E-state index contributed by atoms with van der Waals surface area (Å²) >= 11 is 0. The van der Waals surface area contributed by atoms with E-state index in [4.69, 9.17) is 5.84 Å². The fourth-order valence-electron chi connectivity index (χ4n) is 3.16. The van der Waals surface area contributed by atoms with E-state index in [9.17, 15) is 0 Å². The van der Waals surface area contributed by atoms with Crippen LogP contribution in [0, 0.1) is 5.41 Å². The summed E-state index contributed by atoms with van der Waals surface area (Å²) < 4.78 is 2.18. The lowest BCUT2D eigenvalue weighted by Crippen LogP contribution is -2.62. The van der Waals surface area contributed by atoms with Gasteiger partial charge in [0.1, 0.15) is 12.1 Å². The number of hydrazine groups is 1. The van der Waals surface area contributed by atoms with Crippen LogP contribution in [0.1, 0.15) is 6.42 Å². The Hall–Kier alpha value is -0.450. The molecule has 0 aromatic heterocycles. The maximum atomic E-state index is 5.66. The predicted molar refractivity (Wildman–Crippen MR) is 55.3 cm³/mol. The van der Waals surface area contributed by atoms with Gasteiger partial charge in [0, 0.05) is 25.7 Å². The molecule has 78 valence electrons. The highest BCUT2D eigenvalue weighted by Crippen LogP contribution is 2.38. The summed E-state index contributed by atoms with van der Waals surface area (Å²) in [6.45, 7) is 11.0. The molecule has 3 aliphatic rings. The third-order valence-electron chi connectivity index (χ3n) is 3.99. The molecule has 3 aliphatic heterocycles. The zero-order valence-corrected chi connectivity index (χ0v) is 8.65. The van der Waals surface area contributed by atoms with Gasteiger partial charge in [0.05, 0.1) is 0 Å². The minimum Gasteiger partial charge on any atom is -0.297 e. The van der Waals surface area contributed by atoms with Gasteiger partial charge in [0.15, 0.2) is 13.1 Å². The molecule has 0 aromatic rings. The van der Waals surface area contributed by atoms with Gasteiger partial charge in [-0.05, 0) is 13.0 Å². The maximum absolute atomic E-state index is 5.66. The molecule has 0 radical (unpaired) electrons. The van der Waals surface area contributed by atoms with E-state index in [2.05, 4.69) is 16.2 Å². The van der Waals surface area contributed by atoms with Crippen LogP contribution in [0.3, 0.4) is 0 Å². The van der Waals surface area contributed by atoms with Gasteiger partial charge in [-0.25, -0.2) is 9.58 Å². The number of nitrogens with two attached hydrogens (primary N) is 1. The summed E-state index contributed by atoms with van der Waals surface area (Å²) in [5, 5.41) is 1.91. The molecule has 0 amide bonds. The monoisotopic (exact) mass is 195 g/mol. The molecule has 14 heavy (non-hydrogen) atoms. The predicted octanol–water partition coefficient (Wildman–Crippen LogP) is -1.04. The second-order valence-corrected chi connectivity index (χ2v) is 5.32. The standard InChI is InChI=1S/C10H19N4/c1-12-6-10(7-12)2-3-13(8-10)9-4-14(11)5-9/h9H,1-8,11H2/q+1. The van der Waals surface area contributed by atoms with Crippen molar-refractivity contribution in [1.29, 1.82) is 0 Å². The molecule has 3 saturated heterocycles. The lowest BCUT2D eigenvalue weighted by Gasteiger charge is -2.42. The fourth-order valence-corrected chi connectivity index (χ4v) is 3.16. The number of rotatable bonds is 1. The van der Waals surface area contributed by atoms with Crippen LogP contribution in [-0.4, -0.2) is 66.5 Å². The quantitative estimate of drug-likeness (QED) is 0.429. The van der Waals surface area contributed by atoms with Gasteiger partial charge < -0.3 is 0 Å². The third-order valence-corrected chi connectivity index (χ3v) is 3.99. The summed E-state index contributed by atoms with van der Waals surface area (Å²) in [5.41, 5.74) is 0.594. The van der Waals surface area contributed by atoms with Crippen LogP contribution in [0.4, 0.5) is 0 Å². The van der Waals surface area contributed by atoms with Crippen molar-refractivity contribution in [2.75, 3.05) is 39.3 Å². The van der Waals surface area contributed by atoms with Gasteiger partial charge in [0.25, 0.3) is 0 Å². The van der Waals surface area contributed by atoms with Crippen LogP contribution in [0.25, 0.3) is 0 Å². The Morgan fingerprint density at radius 2 is 2.07 bits per heavy atom. The van der Waals surface area contributed by atoms with Crippen molar-refractivity contribution in [3.63, 3.8) is 0 Å². The first-order valence-corrected chi connectivity index (χ1v) is 5.46. The van der Waals surface area contributed by atoms with Gasteiger partial charge in [-0.3, -0.25) is 10.7 Å². The number of hydrogen-bond donors (Lipinski definition) is 1. The average Bonchev–Trinajstić information content (AvgIpc) is 2.43. The topological polar surface area (TPSA) is 35.5 Å². The summed E-state index contributed by atoms with van der Waals surface area (Å²) in [6, 6.07) is 0.734. The van der Waals surface area contributed by atoms with Crippen molar-refractivity contribution < 1.29 is 4.58 Å². The molecular formula is C10H19N4+. The molecule has 0 aromatic carbocycles. The summed E-state index contributed by atoms with van der Waals surface area (Å²) in [7, 11) is 0. The molecule has 3 heterocycles. The van der Waals surface area contributed by atoms with Crippen molar-refractivity contribution in [2.24, 2.45) is 11.3 Å². The highest BCUT2D eigenvalue weighted by atomic mass is 15.5. The van der Waals surface area contributed by atoms with Crippen molar-refractivity contribution in [3.05, 3.63) is 0 Å². The number of hydrogen-bond acceptors (Lipinski definition) is 3. The second-order valence-electron chi connectivity index (χ2n) is 5.32. The van der Waals surface area contributed by atoms with Gasteiger partial charge in [-0.2, -0.15) is 0 Å². The first-order chi connectivity index (χ1) is 6.67. The van der Waals surface area contributed by atoms with Crippen LogP contribution in [0.2, 0.25) is 0 Å². The SMILES string of the molecule is C=[N+]1CC2(CCN(C3CN(N)C3)C2)C1. The Balaban J connectivity index is 1.57. The highest BCUT2D eigenvalue weighted by molar-refractivity contribution is 5.16. The van der Waals surface area contributed by atoms with Gasteiger partial charge in [0.2, 0.25) is 0 Å². The van der Waals surface area contributed by atoms with Gasteiger partial charge in [-0.15, -0.1) is 0 Å².